The lowest BCUT2D eigenvalue weighted by Crippen LogP contribution is -2.37. The number of halogens is 2. The normalized spacial score (nSPS) is 12.1. The van der Waals surface area contributed by atoms with Crippen LogP contribution < -0.4 is 11.1 Å². The highest BCUT2D eigenvalue weighted by Gasteiger charge is 2.23. The van der Waals surface area contributed by atoms with E-state index in [0.29, 0.717) is 20.5 Å². The molecule has 0 saturated heterocycles. The average Bonchev–Trinajstić information content (AvgIpc) is 3.06. The molecule has 29 heavy (non-hydrogen) atoms. The van der Waals surface area contributed by atoms with Crippen LogP contribution in [-0.4, -0.2) is 25.5 Å². The van der Waals surface area contributed by atoms with Crippen LogP contribution in [0.4, 0.5) is 8.78 Å². The summed E-state index contributed by atoms with van der Waals surface area (Å²) in [7, 11) is 1.47. The van der Waals surface area contributed by atoms with E-state index in [1.165, 1.54) is 25.3 Å². The van der Waals surface area contributed by atoms with Crippen LogP contribution >= 0.6 is 11.3 Å². The minimum Gasteiger partial charge on any atom is -0.380 e. The molecule has 0 fully saturated rings. The molecule has 2 aromatic carbocycles. The summed E-state index contributed by atoms with van der Waals surface area (Å²) in [6.07, 6.45) is 0.266. The quantitative estimate of drug-likeness (QED) is 0.588. The second-order valence-electron chi connectivity index (χ2n) is 6.60. The molecule has 3 N–H and O–H groups in total. The van der Waals surface area contributed by atoms with Gasteiger partial charge in [-0.15, -0.1) is 11.3 Å². The summed E-state index contributed by atoms with van der Waals surface area (Å²) in [6.45, 7) is 0.0905. The zero-order valence-corrected chi connectivity index (χ0v) is 16.5. The van der Waals surface area contributed by atoms with Crippen LogP contribution in [0.5, 0.6) is 0 Å². The number of carbonyl (C=O) groups is 2. The molecule has 1 atom stereocenters. The van der Waals surface area contributed by atoms with Gasteiger partial charge in [-0.25, -0.2) is 8.78 Å². The lowest BCUT2D eigenvalue weighted by molar-refractivity contribution is -0.121. The average molecular weight is 418 g/mol. The van der Waals surface area contributed by atoms with Crippen LogP contribution in [0.25, 0.3) is 10.1 Å². The molecule has 5 nitrogen and oxygen atoms in total. The number of fused-ring (bicyclic) bond motifs is 1. The number of carbonyl (C=O) groups excluding carboxylic acids is 2. The fraction of sp³-hybridized carbons (Fsp3) is 0.238. The Morgan fingerprint density at radius 1 is 1.17 bits per heavy atom. The lowest BCUT2D eigenvalue weighted by atomic mass is 9.98. The summed E-state index contributed by atoms with van der Waals surface area (Å²) in [4.78, 5) is 24.9. The highest BCUT2D eigenvalue weighted by molar-refractivity contribution is 7.21. The van der Waals surface area contributed by atoms with Crippen LogP contribution in [0.1, 0.15) is 20.8 Å². The van der Waals surface area contributed by atoms with Crippen molar-refractivity contribution in [3.63, 3.8) is 0 Å². The largest absolute Gasteiger partial charge is 0.380 e. The first-order valence-electron chi connectivity index (χ1n) is 8.91. The zero-order valence-electron chi connectivity index (χ0n) is 15.7. The Hall–Kier alpha value is -2.84. The number of hydrogen-bond acceptors (Lipinski definition) is 4. The Kier molecular flexibility index (Phi) is 6.56. The first-order chi connectivity index (χ1) is 13.9. The van der Waals surface area contributed by atoms with Gasteiger partial charge in [-0.3, -0.25) is 9.59 Å². The third kappa shape index (κ3) is 4.78. The Morgan fingerprint density at radius 2 is 1.90 bits per heavy atom. The molecule has 0 aliphatic rings. The van der Waals surface area contributed by atoms with Gasteiger partial charge in [0.15, 0.2) is 0 Å². The molecule has 0 radical (unpaired) electrons. The van der Waals surface area contributed by atoms with Crippen molar-refractivity contribution in [1.82, 2.24) is 5.32 Å². The van der Waals surface area contributed by atoms with Gasteiger partial charge in [-0.1, -0.05) is 18.2 Å². The molecule has 8 heteroatoms. The maximum Gasteiger partial charge on any atom is 0.261 e. The fourth-order valence-electron chi connectivity index (χ4n) is 3.11. The van der Waals surface area contributed by atoms with E-state index < -0.39 is 23.5 Å². The predicted molar refractivity (Wildman–Crippen MR) is 108 cm³/mol. The number of primary amides is 1. The monoisotopic (exact) mass is 418 g/mol. The van der Waals surface area contributed by atoms with Gasteiger partial charge in [0.05, 0.1) is 17.4 Å². The van der Waals surface area contributed by atoms with Gasteiger partial charge in [0, 0.05) is 29.3 Å². The number of nitrogens with two attached hydrogens (primary N) is 1. The van der Waals surface area contributed by atoms with Crippen molar-refractivity contribution in [2.75, 3.05) is 13.7 Å². The van der Waals surface area contributed by atoms with E-state index in [0.717, 1.165) is 16.9 Å². The first kappa shape index (κ1) is 20.9. The Balaban J connectivity index is 1.78. The van der Waals surface area contributed by atoms with Crippen molar-refractivity contribution < 1.29 is 23.1 Å². The van der Waals surface area contributed by atoms with Gasteiger partial charge in [-0.05, 0) is 36.2 Å². The number of thiophene rings is 1. The molecule has 152 valence electrons. The van der Waals surface area contributed by atoms with Gasteiger partial charge >= 0.3 is 0 Å². The smallest absolute Gasteiger partial charge is 0.261 e. The topological polar surface area (TPSA) is 81.4 Å². The number of amides is 2. The van der Waals surface area contributed by atoms with Gasteiger partial charge in [0.25, 0.3) is 5.91 Å². The molecule has 0 spiro atoms. The van der Waals surface area contributed by atoms with Gasteiger partial charge in [-0.2, -0.15) is 0 Å². The summed E-state index contributed by atoms with van der Waals surface area (Å²) in [5.41, 5.74) is 6.67. The van der Waals surface area contributed by atoms with Crippen LogP contribution in [-0.2, 0) is 22.6 Å². The number of methoxy groups -OCH3 is 1. The van der Waals surface area contributed by atoms with Gasteiger partial charge < -0.3 is 15.8 Å². The van der Waals surface area contributed by atoms with E-state index in [1.54, 1.807) is 24.3 Å². The summed E-state index contributed by atoms with van der Waals surface area (Å²) in [5.74, 6) is -2.46. The van der Waals surface area contributed by atoms with E-state index in [9.17, 15) is 18.4 Å². The Labute approximate surface area is 170 Å². The number of benzene rings is 2. The fourth-order valence-corrected chi connectivity index (χ4v) is 4.25. The van der Waals surface area contributed by atoms with Crippen molar-refractivity contribution in [2.45, 2.75) is 13.0 Å². The molecule has 0 aliphatic heterocycles. The van der Waals surface area contributed by atoms with Crippen molar-refractivity contribution in [1.29, 1.82) is 0 Å². The molecule has 3 aromatic rings. The van der Waals surface area contributed by atoms with Crippen LogP contribution in [0, 0.1) is 17.6 Å². The number of hydrogen-bond donors (Lipinski definition) is 2. The standard InChI is InChI=1S/C21H20F2N2O3S/c1-28-11-15-18-16(23)3-2-4-17(18)29-19(15)21(27)25-10-13(20(24)26)9-12-5-7-14(22)8-6-12/h2-8,13H,9-11H2,1H3,(H2,24,26)(H,25,27). The Bertz CT molecular complexity index is 1030. The molecular formula is C21H20F2N2O3S. The van der Waals surface area contributed by atoms with E-state index in [-0.39, 0.29) is 25.4 Å². The van der Waals surface area contributed by atoms with E-state index >= 15 is 0 Å². The first-order valence-corrected chi connectivity index (χ1v) is 9.73. The van der Waals surface area contributed by atoms with Gasteiger partial charge in [0.1, 0.15) is 11.6 Å². The minimum absolute atomic E-state index is 0.00862. The lowest BCUT2D eigenvalue weighted by Gasteiger charge is -2.14. The third-order valence-electron chi connectivity index (χ3n) is 4.56. The van der Waals surface area contributed by atoms with Gasteiger partial charge in [0.2, 0.25) is 5.91 Å². The SMILES string of the molecule is COCc1c(C(=O)NCC(Cc2ccc(F)cc2)C(N)=O)sc2cccc(F)c12. The third-order valence-corrected chi connectivity index (χ3v) is 5.76. The molecule has 1 unspecified atom stereocenters. The van der Waals surface area contributed by atoms with Crippen molar-refractivity contribution in [3.8, 4) is 0 Å². The molecule has 0 saturated carbocycles. The molecular weight excluding hydrogens is 398 g/mol. The van der Waals surface area contributed by atoms with Crippen LogP contribution in [0.15, 0.2) is 42.5 Å². The molecule has 0 bridgehead atoms. The van der Waals surface area contributed by atoms with Crippen LogP contribution in [0.2, 0.25) is 0 Å². The molecule has 3 rings (SSSR count). The number of rotatable bonds is 8. The summed E-state index contributed by atoms with van der Waals surface area (Å²) in [5, 5.41) is 3.07. The predicted octanol–water partition coefficient (Wildman–Crippen LogP) is 3.40. The molecule has 1 heterocycles. The zero-order chi connectivity index (χ0) is 21.0. The number of nitrogens with one attached hydrogen (secondary N) is 1. The Morgan fingerprint density at radius 3 is 2.55 bits per heavy atom. The minimum atomic E-state index is -0.665. The molecule has 0 aliphatic carbocycles. The maximum absolute atomic E-state index is 14.3. The summed E-state index contributed by atoms with van der Waals surface area (Å²) >= 11 is 1.16. The van der Waals surface area contributed by atoms with E-state index in [4.69, 9.17) is 10.5 Å². The molecule has 1 aromatic heterocycles. The van der Waals surface area contributed by atoms with E-state index in [2.05, 4.69) is 5.32 Å². The van der Waals surface area contributed by atoms with Crippen molar-refractivity contribution in [2.24, 2.45) is 11.7 Å². The van der Waals surface area contributed by atoms with Crippen LogP contribution in [0.3, 0.4) is 0 Å². The van der Waals surface area contributed by atoms with E-state index in [1.807, 2.05) is 0 Å². The summed E-state index contributed by atoms with van der Waals surface area (Å²) in [6, 6.07) is 10.4. The molecule has 2 amide bonds. The second kappa shape index (κ2) is 9.11. The van der Waals surface area contributed by atoms with Crippen molar-refractivity contribution >= 4 is 33.2 Å². The highest BCUT2D eigenvalue weighted by atomic mass is 32.1. The second-order valence-corrected chi connectivity index (χ2v) is 7.65. The number of ether oxygens (including phenoxy) is 1. The van der Waals surface area contributed by atoms with Crippen molar-refractivity contribution in [3.05, 3.63) is 70.1 Å². The maximum atomic E-state index is 14.3. The highest BCUT2D eigenvalue weighted by Crippen LogP contribution is 2.33. The summed E-state index contributed by atoms with van der Waals surface area (Å²) < 4.78 is 33.1.